The van der Waals surface area contributed by atoms with Gasteiger partial charge in [0.25, 0.3) is 0 Å². The Labute approximate surface area is 185 Å². The number of benzene rings is 1. The zero-order valence-corrected chi connectivity index (χ0v) is 19.0. The first-order chi connectivity index (χ1) is 14.7. The highest BCUT2D eigenvalue weighted by atomic mass is 32.2. The van der Waals surface area contributed by atoms with Crippen LogP contribution in [0.5, 0.6) is 5.75 Å². The summed E-state index contributed by atoms with van der Waals surface area (Å²) in [5.74, 6) is -2.18. The lowest BCUT2D eigenvalue weighted by molar-refractivity contribution is -0.150. The SMILES string of the molecule is CCOC(=O)C1=C(C(=O)c2ccc(C)cc2O)C=C2SC(C)=C(C)N2C1C(=O)OCC. The van der Waals surface area contributed by atoms with Crippen molar-refractivity contribution in [1.29, 1.82) is 0 Å². The second kappa shape index (κ2) is 9.01. The number of nitrogens with zero attached hydrogens (tertiary/aromatic N) is 1. The van der Waals surface area contributed by atoms with Crippen molar-refractivity contribution in [3.05, 3.63) is 62.2 Å². The molecule has 1 N–H and O–H groups in total. The van der Waals surface area contributed by atoms with Gasteiger partial charge in [0, 0.05) is 16.2 Å². The van der Waals surface area contributed by atoms with E-state index in [2.05, 4.69) is 0 Å². The van der Waals surface area contributed by atoms with Crippen LogP contribution in [0.15, 0.2) is 51.1 Å². The molecular formula is C23H25NO6S. The quantitative estimate of drug-likeness (QED) is 0.524. The van der Waals surface area contributed by atoms with Gasteiger partial charge in [0.15, 0.2) is 11.8 Å². The number of allylic oxidation sites excluding steroid dienone is 4. The minimum atomic E-state index is -1.16. The van der Waals surface area contributed by atoms with Crippen molar-refractivity contribution >= 4 is 29.5 Å². The van der Waals surface area contributed by atoms with Gasteiger partial charge in [0.2, 0.25) is 0 Å². The molecule has 0 aliphatic carbocycles. The van der Waals surface area contributed by atoms with Crippen LogP contribution in [-0.2, 0) is 19.1 Å². The summed E-state index contributed by atoms with van der Waals surface area (Å²) in [6.45, 7) is 9.06. The van der Waals surface area contributed by atoms with E-state index in [4.69, 9.17) is 9.47 Å². The summed E-state index contributed by atoms with van der Waals surface area (Å²) in [4.78, 5) is 42.1. The van der Waals surface area contributed by atoms with Gasteiger partial charge in [-0.1, -0.05) is 17.8 Å². The van der Waals surface area contributed by atoms with Crippen LogP contribution in [0.4, 0.5) is 0 Å². The number of fused-ring (bicyclic) bond motifs is 1. The van der Waals surface area contributed by atoms with E-state index >= 15 is 0 Å². The smallest absolute Gasteiger partial charge is 0.337 e. The van der Waals surface area contributed by atoms with Gasteiger partial charge in [-0.25, -0.2) is 9.59 Å². The summed E-state index contributed by atoms with van der Waals surface area (Å²) < 4.78 is 10.5. The third-order valence-corrected chi connectivity index (χ3v) is 6.23. The van der Waals surface area contributed by atoms with Crippen LogP contribution >= 0.6 is 11.8 Å². The van der Waals surface area contributed by atoms with Crippen molar-refractivity contribution in [3.63, 3.8) is 0 Å². The Hall–Kier alpha value is -3.00. The Kier molecular flexibility index (Phi) is 6.59. The molecule has 8 heteroatoms. The maximum atomic E-state index is 13.5. The molecule has 0 spiro atoms. The predicted molar refractivity (Wildman–Crippen MR) is 117 cm³/mol. The average molecular weight is 444 g/mol. The molecule has 164 valence electrons. The normalized spacial score (nSPS) is 18.0. The molecule has 1 aromatic rings. The highest BCUT2D eigenvalue weighted by Crippen LogP contribution is 2.47. The summed E-state index contributed by atoms with van der Waals surface area (Å²) in [6.07, 6.45) is 1.58. The molecule has 0 saturated carbocycles. The summed E-state index contributed by atoms with van der Waals surface area (Å²) in [7, 11) is 0. The Balaban J connectivity index is 2.25. The molecule has 7 nitrogen and oxygen atoms in total. The second-order valence-electron chi connectivity index (χ2n) is 7.15. The Bertz CT molecular complexity index is 1050. The molecule has 1 aromatic carbocycles. The fourth-order valence-corrected chi connectivity index (χ4v) is 4.63. The van der Waals surface area contributed by atoms with E-state index in [1.807, 2.05) is 13.8 Å². The number of esters is 2. The summed E-state index contributed by atoms with van der Waals surface area (Å²) in [5.41, 5.74) is 1.54. The largest absolute Gasteiger partial charge is 0.507 e. The number of ketones is 1. The van der Waals surface area contributed by atoms with Crippen LogP contribution in [0, 0.1) is 6.92 Å². The van der Waals surface area contributed by atoms with Crippen LogP contribution < -0.4 is 0 Å². The molecular weight excluding hydrogens is 418 g/mol. The minimum Gasteiger partial charge on any atom is -0.507 e. The van der Waals surface area contributed by atoms with Crippen LogP contribution in [-0.4, -0.2) is 47.0 Å². The van der Waals surface area contributed by atoms with Crippen molar-refractivity contribution in [2.75, 3.05) is 13.2 Å². The number of aryl methyl sites for hydroxylation is 1. The number of phenolic OH excluding ortho intramolecular Hbond substituents is 1. The maximum absolute atomic E-state index is 13.5. The number of thioether (sulfide) groups is 1. The van der Waals surface area contributed by atoms with Crippen LogP contribution in [0.3, 0.4) is 0 Å². The van der Waals surface area contributed by atoms with E-state index in [1.54, 1.807) is 37.8 Å². The summed E-state index contributed by atoms with van der Waals surface area (Å²) in [5, 5.41) is 11.0. The number of ether oxygens (including phenoxy) is 2. The molecule has 3 rings (SSSR count). The molecule has 0 saturated heterocycles. The van der Waals surface area contributed by atoms with Gasteiger partial charge in [0.1, 0.15) is 5.75 Å². The molecule has 0 amide bonds. The predicted octanol–water partition coefficient (Wildman–Crippen LogP) is 3.83. The molecule has 0 bridgehead atoms. The number of phenols is 1. The lowest BCUT2D eigenvalue weighted by Crippen LogP contribution is -2.45. The number of Topliss-reactive ketones (excluding diaryl/α,β-unsaturated/α-hetero) is 1. The zero-order chi connectivity index (χ0) is 22.9. The van der Waals surface area contributed by atoms with E-state index in [9.17, 15) is 19.5 Å². The molecule has 2 heterocycles. The molecule has 1 atom stereocenters. The molecule has 2 aliphatic heterocycles. The number of carbonyl (C=O) groups is 3. The highest BCUT2D eigenvalue weighted by molar-refractivity contribution is 8.06. The second-order valence-corrected chi connectivity index (χ2v) is 8.38. The fourth-order valence-electron chi connectivity index (χ4n) is 3.55. The average Bonchev–Trinajstić information content (AvgIpc) is 3.00. The lowest BCUT2D eigenvalue weighted by Gasteiger charge is -2.34. The Morgan fingerprint density at radius 3 is 2.39 bits per heavy atom. The Morgan fingerprint density at radius 2 is 1.77 bits per heavy atom. The topological polar surface area (TPSA) is 93.1 Å². The monoisotopic (exact) mass is 443 g/mol. The molecule has 31 heavy (non-hydrogen) atoms. The van der Waals surface area contributed by atoms with Crippen LogP contribution in [0.25, 0.3) is 0 Å². The van der Waals surface area contributed by atoms with Crippen molar-refractivity contribution in [1.82, 2.24) is 4.90 Å². The third kappa shape index (κ3) is 4.12. The van der Waals surface area contributed by atoms with Gasteiger partial charge in [-0.05, 0) is 58.4 Å². The molecule has 2 aliphatic rings. The van der Waals surface area contributed by atoms with E-state index < -0.39 is 23.8 Å². The Morgan fingerprint density at radius 1 is 1.10 bits per heavy atom. The number of rotatable bonds is 6. The van der Waals surface area contributed by atoms with Gasteiger partial charge < -0.3 is 19.5 Å². The fraction of sp³-hybridized carbons (Fsp3) is 0.348. The van der Waals surface area contributed by atoms with Crippen molar-refractivity contribution in [2.24, 2.45) is 0 Å². The first-order valence-electron chi connectivity index (χ1n) is 9.99. The van der Waals surface area contributed by atoms with Crippen LogP contribution in [0.2, 0.25) is 0 Å². The van der Waals surface area contributed by atoms with E-state index in [1.165, 1.54) is 23.9 Å². The van der Waals surface area contributed by atoms with Gasteiger partial charge >= 0.3 is 11.9 Å². The van der Waals surface area contributed by atoms with E-state index in [-0.39, 0.29) is 35.7 Å². The van der Waals surface area contributed by atoms with Crippen molar-refractivity contribution in [3.8, 4) is 5.75 Å². The summed E-state index contributed by atoms with van der Waals surface area (Å²) >= 11 is 1.40. The number of carbonyl (C=O) groups excluding carboxylic acids is 3. The van der Waals surface area contributed by atoms with Crippen molar-refractivity contribution in [2.45, 2.75) is 40.7 Å². The van der Waals surface area contributed by atoms with E-state index in [0.717, 1.165) is 16.2 Å². The first-order valence-corrected chi connectivity index (χ1v) is 10.8. The van der Waals surface area contributed by atoms with Crippen LogP contribution in [0.1, 0.15) is 43.6 Å². The molecule has 1 unspecified atom stereocenters. The number of aromatic hydroxyl groups is 1. The van der Waals surface area contributed by atoms with Gasteiger partial charge in [-0.15, -0.1) is 0 Å². The zero-order valence-electron chi connectivity index (χ0n) is 18.1. The molecule has 0 fully saturated rings. The maximum Gasteiger partial charge on any atom is 0.337 e. The van der Waals surface area contributed by atoms with E-state index in [0.29, 0.717) is 5.03 Å². The minimum absolute atomic E-state index is 0.0110. The highest BCUT2D eigenvalue weighted by Gasteiger charge is 2.46. The lowest BCUT2D eigenvalue weighted by atomic mass is 9.90. The first kappa shape index (κ1) is 22.7. The molecule has 0 radical (unpaired) electrons. The molecule has 0 aromatic heterocycles. The van der Waals surface area contributed by atoms with Gasteiger partial charge in [-0.3, -0.25) is 4.79 Å². The van der Waals surface area contributed by atoms with Gasteiger partial charge in [-0.2, -0.15) is 0 Å². The third-order valence-electron chi connectivity index (χ3n) is 5.10. The van der Waals surface area contributed by atoms with Crippen molar-refractivity contribution < 1.29 is 29.0 Å². The summed E-state index contributed by atoms with van der Waals surface area (Å²) in [6, 6.07) is 3.52. The number of hydrogen-bond acceptors (Lipinski definition) is 8. The standard InChI is InChI=1S/C23H25NO6S/c1-6-29-22(27)19-16(21(26)15-9-8-12(3)10-17(15)25)11-18-24(13(4)14(5)31-18)20(19)23(28)30-7-2/h8-11,20,25H,6-7H2,1-5H3. The number of hydrogen-bond donors (Lipinski definition) is 1. The van der Waals surface area contributed by atoms with Gasteiger partial charge in [0.05, 0.1) is 29.4 Å².